The lowest BCUT2D eigenvalue weighted by molar-refractivity contribution is -0.152. The molecule has 4 aliphatic rings. The first-order valence-electron chi connectivity index (χ1n) is 8.67. The minimum atomic E-state index is -0.732. The number of carboxylic acid groups (broad SMARTS) is 1. The van der Waals surface area contributed by atoms with Crippen molar-refractivity contribution in [1.29, 1.82) is 0 Å². The standard InChI is InChI=1S/C17H28N2O4/c1-16(2,3)23-15(22)19-9-4-12(14(20)21)10-17(19)11-18-7-5-13(17)6-8-18/h12-13H,4-11H2,1-3H3,(H,20,21). The quantitative estimate of drug-likeness (QED) is 0.800. The SMILES string of the molecule is CC(C)(C)OC(=O)N1CCC(C(=O)O)CC12CN1CCC2CC1. The molecule has 1 amide bonds. The van der Waals surface area contributed by atoms with Crippen molar-refractivity contribution in [3.05, 3.63) is 0 Å². The zero-order valence-electron chi connectivity index (χ0n) is 14.4. The van der Waals surface area contributed by atoms with E-state index in [4.69, 9.17) is 4.74 Å². The van der Waals surface area contributed by atoms with Crippen LogP contribution in [0.3, 0.4) is 0 Å². The number of fused-ring (bicyclic) bond motifs is 2. The van der Waals surface area contributed by atoms with Gasteiger partial charge in [0.1, 0.15) is 5.60 Å². The van der Waals surface area contributed by atoms with Crippen LogP contribution in [0, 0.1) is 11.8 Å². The summed E-state index contributed by atoms with van der Waals surface area (Å²) in [6.07, 6.45) is 2.89. The fourth-order valence-corrected chi connectivity index (χ4v) is 4.63. The van der Waals surface area contributed by atoms with Crippen LogP contribution in [-0.2, 0) is 9.53 Å². The lowest BCUT2D eigenvalue weighted by Gasteiger charge is -2.60. The van der Waals surface area contributed by atoms with E-state index in [9.17, 15) is 14.7 Å². The molecule has 4 fully saturated rings. The molecule has 4 saturated heterocycles. The molecule has 2 atom stereocenters. The van der Waals surface area contributed by atoms with Gasteiger partial charge >= 0.3 is 12.1 Å². The normalized spacial score (nSPS) is 37.0. The van der Waals surface area contributed by atoms with Crippen LogP contribution in [0.2, 0.25) is 0 Å². The number of carbonyl (C=O) groups is 2. The number of hydrogen-bond acceptors (Lipinski definition) is 4. The van der Waals surface area contributed by atoms with Gasteiger partial charge in [0.15, 0.2) is 0 Å². The Morgan fingerprint density at radius 2 is 1.78 bits per heavy atom. The Morgan fingerprint density at radius 3 is 2.26 bits per heavy atom. The first kappa shape index (κ1) is 16.6. The molecule has 4 rings (SSSR count). The van der Waals surface area contributed by atoms with E-state index in [0.717, 1.165) is 32.5 Å². The first-order chi connectivity index (χ1) is 10.7. The van der Waals surface area contributed by atoms with E-state index in [1.807, 2.05) is 25.7 Å². The van der Waals surface area contributed by atoms with Crippen molar-refractivity contribution >= 4 is 12.1 Å². The molecular formula is C17H28N2O4. The van der Waals surface area contributed by atoms with E-state index in [1.165, 1.54) is 0 Å². The van der Waals surface area contributed by atoms with Crippen molar-refractivity contribution in [2.24, 2.45) is 11.8 Å². The molecule has 0 aromatic carbocycles. The molecule has 4 heterocycles. The van der Waals surface area contributed by atoms with Crippen LogP contribution >= 0.6 is 0 Å². The lowest BCUT2D eigenvalue weighted by atomic mass is 9.65. The van der Waals surface area contributed by atoms with E-state index < -0.39 is 11.6 Å². The van der Waals surface area contributed by atoms with Gasteiger partial charge in [0.05, 0.1) is 11.5 Å². The molecule has 0 radical (unpaired) electrons. The van der Waals surface area contributed by atoms with Gasteiger partial charge in [0.25, 0.3) is 0 Å². The van der Waals surface area contributed by atoms with Gasteiger partial charge in [-0.05, 0) is 65.5 Å². The van der Waals surface area contributed by atoms with E-state index in [-0.39, 0.29) is 17.6 Å². The molecule has 2 bridgehead atoms. The second-order valence-corrected chi connectivity index (χ2v) is 8.31. The molecule has 0 aromatic heterocycles. The summed E-state index contributed by atoms with van der Waals surface area (Å²) >= 11 is 0. The summed E-state index contributed by atoms with van der Waals surface area (Å²) in [6.45, 7) is 9.02. The molecule has 130 valence electrons. The highest BCUT2D eigenvalue weighted by Gasteiger charge is 2.56. The van der Waals surface area contributed by atoms with Crippen LogP contribution in [0.15, 0.2) is 0 Å². The predicted octanol–water partition coefficient (Wildman–Crippen LogP) is 2.18. The third-order valence-electron chi connectivity index (χ3n) is 5.65. The van der Waals surface area contributed by atoms with Crippen molar-refractivity contribution in [1.82, 2.24) is 9.80 Å². The summed E-state index contributed by atoms with van der Waals surface area (Å²) < 4.78 is 5.63. The summed E-state index contributed by atoms with van der Waals surface area (Å²) in [6, 6.07) is 0. The summed E-state index contributed by atoms with van der Waals surface area (Å²) in [5.41, 5.74) is -0.893. The van der Waals surface area contributed by atoms with Gasteiger partial charge in [0.2, 0.25) is 0 Å². The van der Waals surface area contributed by atoms with Gasteiger partial charge in [0, 0.05) is 13.1 Å². The minimum Gasteiger partial charge on any atom is -0.481 e. The van der Waals surface area contributed by atoms with Crippen LogP contribution in [-0.4, -0.2) is 64.3 Å². The zero-order chi connectivity index (χ0) is 16.8. The van der Waals surface area contributed by atoms with Gasteiger partial charge in [-0.25, -0.2) is 4.79 Å². The highest BCUT2D eigenvalue weighted by molar-refractivity contribution is 5.73. The Hall–Kier alpha value is -1.30. The third kappa shape index (κ3) is 3.05. The summed E-state index contributed by atoms with van der Waals surface area (Å²) in [5, 5.41) is 9.49. The van der Waals surface area contributed by atoms with E-state index in [2.05, 4.69) is 4.90 Å². The van der Waals surface area contributed by atoms with Crippen molar-refractivity contribution in [3.63, 3.8) is 0 Å². The van der Waals surface area contributed by atoms with Crippen molar-refractivity contribution in [3.8, 4) is 0 Å². The fraction of sp³-hybridized carbons (Fsp3) is 0.882. The average Bonchev–Trinajstić information content (AvgIpc) is 2.46. The monoisotopic (exact) mass is 324 g/mol. The largest absolute Gasteiger partial charge is 0.481 e. The van der Waals surface area contributed by atoms with Crippen LogP contribution in [0.1, 0.15) is 46.5 Å². The van der Waals surface area contributed by atoms with Gasteiger partial charge in [-0.3, -0.25) is 4.79 Å². The average molecular weight is 324 g/mol. The molecule has 0 aromatic rings. The number of amides is 1. The Morgan fingerprint density at radius 1 is 1.13 bits per heavy atom. The minimum absolute atomic E-state index is 0.282. The topological polar surface area (TPSA) is 70.1 Å². The highest BCUT2D eigenvalue weighted by atomic mass is 16.6. The highest BCUT2D eigenvalue weighted by Crippen LogP contribution is 2.47. The maximum Gasteiger partial charge on any atom is 0.410 e. The van der Waals surface area contributed by atoms with Crippen LogP contribution in [0.4, 0.5) is 4.79 Å². The van der Waals surface area contributed by atoms with E-state index >= 15 is 0 Å². The van der Waals surface area contributed by atoms with Gasteiger partial charge in [-0.1, -0.05) is 0 Å². The Bertz CT molecular complexity index is 493. The van der Waals surface area contributed by atoms with E-state index in [1.54, 1.807) is 0 Å². The zero-order valence-corrected chi connectivity index (χ0v) is 14.4. The Labute approximate surface area is 137 Å². The number of carboxylic acids is 1. The van der Waals surface area contributed by atoms with Crippen LogP contribution in [0.5, 0.6) is 0 Å². The molecule has 6 heteroatoms. The molecule has 1 N–H and O–H groups in total. The molecule has 2 unspecified atom stereocenters. The molecule has 6 nitrogen and oxygen atoms in total. The fourth-order valence-electron chi connectivity index (χ4n) is 4.63. The lowest BCUT2D eigenvalue weighted by Crippen LogP contribution is -2.71. The molecule has 0 saturated carbocycles. The molecule has 23 heavy (non-hydrogen) atoms. The van der Waals surface area contributed by atoms with Gasteiger partial charge in [-0.15, -0.1) is 0 Å². The van der Waals surface area contributed by atoms with Crippen molar-refractivity contribution < 1.29 is 19.4 Å². The van der Waals surface area contributed by atoms with Crippen LogP contribution < -0.4 is 0 Å². The van der Waals surface area contributed by atoms with E-state index in [0.29, 0.717) is 25.3 Å². The number of piperidine rings is 4. The molecule has 4 aliphatic heterocycles. The first-order valence-corrected chi connectivity index (χ1v) is 8.67. The molecular weight excluding hydrogens is 296 g/mol. The van der Waals surface area contributed by atoms with Crippen LogP contribution in [0.25, 0.3) is 0 Å². The van der Waals surface area contributed by atoms with Crippen molar-refractivity contribution in [2.75, 3.05) is 26.2 Å². The Kier molecular flexibility index (Phi) is 4.07. The number of ether oxygens (including phenoxy) is 1. The number of aliphatic carboxylic acids is 1. The Balaban J connectivity index is 1.88. The number of carbonyl (C=O) groups excluding carboxylic acids is 1. The van der Waals surface area contributed by atoms with Gasteiger partial charge < -0.3 is 19.6 Å². The smallest absolute Gasteiger partial charge is 0.410 e. The van der Waals surface area contributed by atoms with Crippen molar-refractivity contribution in [2.45, 2.75) is 57.6 Å². The predicted molar refractivity (Wildman–Crippen MR) is 85.2 cm³/mol. The summed E-state index contributed by atoms with van der Waals surface area (Å²) in [4.78, 5) is 28.6. The molecule has 1 spiro atoms. The number of rotatable bonds is 1. The third-order valence-corrected chi connectivity index (χ3v) is 5.65. The number of hydrogen-bond donors (Lipinski definition) is 1. The second kappa shape index (κ2) is 5.65. The number of likely N-dealkylation sites (tertiary alicyclic amines) is 1. The second-order valence-electron chi connectivity index (χ2n) is 8.31. The summed E-state index contributed by atoms with van der Waals surface area (Å²) in [5.74, 6) is -0.693. The maximum atomic E-state index is 12.8. The molecule has 0 aliphatic carbocycles. The maximum absolute atomic E-state index is 12.8. The number of nitrogens with zero attached hydrogens (tertiary/aromatic N) is 2. The van der Waals surface area contributed by atoms with Gasteiger partial charge in [-0.2, -0.15) is 0 Å². The summed E-state index contributed by atoms with van der Waals surface area (Å²) in [7, 11) is 0.